The molecule has 1 atom stereocenters. The number of nitrogens with zero attached hydrogens (tertiary/aromatic N) is 3. The van der Waals surface area contributed by atoms with Gasteiger partial charge in [0.25, 0.3) is 0 Å². The Labute approximate surface area is 117 Å². The van der Waals surface area contributed by atoms with Crippen LogP contribution < -0.4 is 0 Å². The summed E-state index contributed by atoms with van der Waals surface area (Å²) >= 11 is 0. The van der Waals surface area contributed by atoms with E-state index in [1.165, 1.54) is 0 Å². The first-order chi connectivity index (χ1) is 9.02. The molecule has 1 fully saturated rings. The molecule has 1 aliphatic heterocycles. The van der Waals surface area contributed by atoms with Crippen LogP contribution in [-0.2, 0) is 9.84 Å². The smallest absolute Gasteiger partial charge is 0.151 e. The van der Waals surface area contributed by atoms with Crippen LogP contribution in [0.2, 0.25) is 0 Å². The highest BCUT2D eigenvalue weighted by Gasteiger charge is 2.23. The van der Waals surface area contributed by atoms with Gasteiger partial charge < -0.3 is 0 Å². The highest BCUT2D eigenvalue weighted by Crippen LogP contribution is 2.09. The zero-order valence-electron chi connectivity index (χ0n) is 12.0. The summed E-state index contributed by atoms with van der Waals surface area (Å²) in [5, 5.41) is 9.03. The summed E-state index contributed by atoms with van der Waals surface area (Å²) in [5.41, 5.74) is 0. The van der Waals surface area contributed by atoms with E-state index < -0.39 is 9.84 Å². The summed E-state index contributed by atoms with van der Waals surface area (Å²) in [4.78, 5) is 4.38. The van der Waals surface area contributed by atoms with E-state index in [1.54, 1.807) is 0 Å². The van der Waals surface area contributed by atoms with Crippen LogP contribution in [0, 0.1) is 11.3 Å². The molecule has 0 bridgehead atoms. The first kappa shape index (κ1) is 16.4. The minimum Gasteiger partial charge on any atom is -0.300 e. The van der Waals surface area contributed by atoms with E-state index in [1.807, 2.05) is 13.8 Å². The molecule has 0 aromatic carbocycles. The highest BCUT2D eigenvalue weighted by atomic mass is 32.2. The third-order valence-corrected chi connectivity index (χ3v) is 5.45. The largest absolute Gasteiger partial charge is 0.300 e. The number of piperazine rings is 1. The molecule has 1 heterocycles. The molecule has 0 spiro atoms. The molecule has 19 heavy (non-hydrogen) atoms. The van der Waals surface area contributed by atoms with Crippen molar-refractivity contribution in [2.45, 2.75) is 32.7 Å². The molecule has 0 saturated carbocycles. The van der Waals surface area contributed by atoms with Crippen LogP contribution in [0.1, 0.15) is 26.7 Å². The zero-order valence-corrected chi connectivity index (χ0v) is 12.8. The molecule has 5 nitrogen and oxygen atoms in total. The number of nitriles is 1. The molecule has 1 aliphatic rings. The first-order valence-corrected chi connectivity index (χ1v) is 8.91. The summed E-state index contributed by atoms with van der Waals surface area (Å²) in [5.74, 6) is 0.551. The molecule has 1 rings (SSSR count). The molecule has 0 aromatic heterocycles. The second-order valence-corrected chi connectivity index (χ2v) is 7.39. The number of rotatable bonds is 7. The van der Waals surface area contributed by atoms with E-state index >= 15 is 0 Å². The van der Waals surface area contributed by atoms with Crippen LogP contribution in [0.4, 0.5) is 0 Å². The van der Waals surface area contributed by atoms with Crippen molar-refractivity contribution in [2.75, 3.05) is 44.2 Å². The van der Waals surface area contributed by atoms with E-state index in [2.05, 4.69) is 15.9 Å². The Morgan fingerprint density at radius 2 is 1.79 bits per heavy atom. The van der Waals surface area contributed by atoms with E-state index in [-0.39, 0.29) is 11.8 Å². The van der Waals surface area contributed by atoms with Crippen LogP contribution in [0.5, 0.6) is 0 Å². The SMILES string of the molecule is CCCS(=O)(=O)CCN1CCN(C(C#N)CC)CC1. The minimum atomic E-state index is -2.88. The highest BCUT2D eigenvalue weighted by molar-refractivity contribution is 7.91. The fourth-order valence-electron chi connectivity index (χ4n) is 2.41. The lowest BCUT2D eigenvalue weighted by atomic mass is 10.2. The summed E-state index contributed by atoms with van der Waals surface area (Å²) in [6.07, 6.45) is 1.54. The Bertz CT molecular complexity index is 395. The summed E-state index contributed by atoms with van der Waals surface area (Å²) < 4.78 is 23.3. The van der Waals surface area contributed by atoms with Crippen molar-refractivity contribution >= 4 is 9.84 Å². The minimum absolute atomic E-state index is 0.00553. The molecular formula is C13H25N3O2S. The van der Waals surface area contributed by atoms with Crippen LogP contribution >= 0.6 is 0 Å². The van der Waals surface area contributed by atoms with Gasteiger partial charge >= 0.3 is 0 Å². The number of sulfone groups is 1. The Balaban J connectivity index is 2.33. The lowest BCUT2D eigenvalue weighted by Crippen LogP contribution is -2.50. The second-order valence-electron chi connectivity index (χ2n) is 5.08. The van der Waals surface area contributed by atoms with Crippen LogP contribution in [0.25, 0.3) is 0 Å². The maximum atomic E-state index is 11.7. The second kappa shape index (κ2) is 7.83. The van der Waals surface area contributed by atoms with Crippen molar-refractivity contribution in [3.63, 3.8) is 0 Å². The molecule has 0 aliphatic carbocycles. The summed E-state index contributed by atoms with van der Waals surface area (Å²) in [6.45, 7) is 7.99. The lowest BCUT2D eigenvalue weighted by Gasteiger charge is -2.36. The fraction of sp³-hybridized carbons (Fsp3) is 0.923. The van der Waals surface area contributed by atoms with Crippen molar-refractivity contribution in [3.05, 3.63) is 0 Å². The van der Waals surface area contributed by atoms with Gasteiger partial charge in [0.15, 0.2) is 9.84 Å². The predicted molar refractivity (Wildman–Crippen MR) is 76.6 cm³/mol. The standard InChI is InChI=1S/C13H25N3O2S/c1-3-10-19(17,18)11-9-15-5-7-16(8-6-15)13(4-2)12-14/h13H,3-11H2,1-2H3. The van der Waals surface area contributed by atoms with Gasteiger partial charge in [0.1, 0.15) is 0 Å². The molecule has 1 saturated heterocycles. The van der Waals surface area contributed by atoms with Gasteiger partial charge in [-0.1, -0.05) is 13.8 Å². The molecule has 0 N–H and O–H groups in total. The van der Waals surface area contributed by atoms with Crippen LogP contribution in [-0.4, -0.2) is 68.5 Å². The number of hydrogen-bond acceptors (Lipinski definition) is 5. The average Bonchev–Trinajstić information content (AvgIpc) is 2.39. The molecule has 1 unspecified atom stereocenters. The van der Waals surface area contributed by atoms with Gasteiger partial charge in [0.05, 0.1) is 17.9 Å². The summed E-state index contributed by atoms with van der Waals surface area (Å²) in [7, 11) is -2.88. The monoisotopic (exact) mass is 287 g/mol. The fourth-order valence-corrected chi connectivity index (χ4v) is 3.77. The van der Waals surface area contributed by atoms with E-state index in [0.717, 1.165) is 32.6 Å². The van der Waals surface area contributed by atoms with Gasteiger partial charge in [-0.25, -0.2) is 8.42 Å². The Morgan fingerprint density at radius 1 is 1.16 bits per heavy atom. The van der Waals surface area contributed by atoms with Crippen molar-refractivity contribution in [2.24, 2.45) is 0 Å². The maximum Gasteiger partial charge on any atom is 0.151 e. The van der Waals surface area contributed by atoms with Gasteiger partial charge in [0.2, 0.25) is 0 Å². The Hall–Kier alpha value is -0.640. The van der Waals surface area contributed by atoms with Gasteiger partial charge in [-0.05, 0) is 12.8 Å². The van der Waals surface area contributed by atoms with Gasteiger partial charge in [-0.15, -0.1) is 0 Å². The van der Waals surface area contributed by atoms with E-state index in [4.69, 9.17) is 5.26 Å². The van der Waals surface area contributed by atoms with E-state index in [9.17, 15) is 8.42 Å². The molecule has 6 heteroatoms. The molecule has 0 radical (unpaired) electrons. The molecule has 0 aromatic rings. The normalized spacial score (nSPS) is 20.1. The molecule has 0 amide bonds. The average molecular weight is 287 g/mol. The topological polar surface area (TPSA) is 64.4 Å². The van der Waals surface area contributed by atoms with Crippen molar-refractivity contribution in [1.29, 1.82) is 5.26 Å². The lowest BCUT2D eigenvalue weighted by molar-refractivity contribution is 0.117. The third-order valence-electron chi connectivity index (χ3n) is 3.62. The predicted octanol–water partition coefficient (Wildman–Crippen LogP) is 0.731. The maximum absolute atomic E-state index is 11.7. The summed E-state index contributed by atoms with van der Waals surface area (Å²) in [6, 6.07) is 2.33. The third kappa shape index (κ3) is 5.47. The van der Waals surface area contributed by atoms with Crippen LogP contribution in [0.15, 0.2) is 0 Å². The van der Waals surface area contributed by atoms with Gasteiger partial charge in [-0.3, -0.25) is 9.80 Å². The Morgan fingerprint density at radius 3 is 2.26 bits per heavy atom. The Kier molecular flexibility index (Phi) is 6.76. The van der Waals surface area contributed by atoms with E-state index in [0.29, 0.717) is 18.7 Å². The van der Waals surface area contributed by atoms with Crippen LogP contribution in [0.3, 0.4) is 0 Å². The van der Waals surface area contributed by atoms with Crippen molar-refractivity contribution in [3.8, 4) is 6.07 Å². The van der Waals surface area contributed by atoms with Gasteiger partial charge in [-0.2, -0.15) is 5.26 Å². The van der Waals surface area contributed by atoms with Gasteiger partial charge in [0, 0.05) is 38.5 Å². The zero-order chi connectivity index (χ0) is 14.3. The van der Waals surface area contributed by atoms with Crippen molar-refractivity contribution < 1.29 is 8.42 Å². The first-order valence-electron chi connectivity index (χ1n) is 7.08. The quantitative estimate of drug-likeness (QED) is 0.691. The number of hydrogen-bond donors (Lipinski definition) is 0. The molecular weight excluding hydrogens is 262 g/mol. The van der Waals surface area contributed by atoms with Crippen molar-refractivity contribution in [1.82, 2.24) is 9.80 Å². The molecule has 110 valence electrons.